The summed E-state index contributed by atoms with van der Waals surface area (Å²) in [6, 6.07) is 7.77. The highest BCUT2D eigenvalue weighted by molar-refractivity contribution is 6.00. The Morgan fingerprint density at radius 3 is 2.76 bits per heavy atom. The molecule has 1 aliphatic heterocycles. The highest BCUT2D eigenvalue weighted by Crippen LogP contribution is 2.26. The summed E-state index contributed by atoms with van der Waals surface area (Å²) in [4.78, 5) is 12.1. The van der Waals surface area contributed by atoms with Crippen molar-refractivity contribution in [3.8, 4) is 5.75 Å². The van der Waals surface area contributed by atoms with Crippen molar-refractivity contribution in [2.45, 2.75) is 38.1 Å². The summed E-state index contributed by atoms with van der Waals surface area (Å²) in [5, 5.41) is 6.09. The molecule has 2 aliphatic rings. The lowest BCUT2D eigenvalue weighted by atomic mass is 9.95. The molecule has 1 amide bonds. The molecule has 3 rings (SSSR count). The Balaban J connectivity index is 1.89. The van der Waals surface area contributed by atoms with Crippen LogP contribution in [-0.4, -0.2) is 36.6 Å². The van der Waals surface area contributed by atoms with Gasteiger partial charge in [0.15, 0.2) is 6.61 Å². The van der Waals surface area contributed by atoms with Gasteiger partial charge in [-0.25, -0.2) is 5.01 Å². The van der Waals surface area contributed by atoms with Crippen molar-refractivity contribution in [2.24, 2.45) is 5.10 Å². The molecular formula is C16H20N2O3. The minimum atomic E-state index is -0.0550. The monoisotopic (exact) mass is 288 g/mol. The maximum atomic E-state index is 12.1. The summed E-state index contributed by atoms with van der Waals surface area (Å²) < 4.78 is 10.9. The number of para-hydroxylation sites is 1. The molecule has 1 fully saturated rings. The van der Waals surface area contributed by atoms with Crippen molar-refractivity contribution < 1.29 is 14.3 Å². The van der Waals surface area contributed by atoms with Crippen molar-refractivity contribution in [3.63, 3.8) is 0 Å². The van der Waals surface area contributed by atoms with E-state index < -0.39 is 0 Å². The normalized spacial score (nSPS) is 20.0. The zero-order valence-corrected chi connectivity index (χ0v) is 12.2. The van der Waals surface area contributed by atoms with E-state index in [0.717, 1.165) is 31.2 Å². The third-order valence-corrected chi connectivity index (χ3v) is 4.04. The summed E-state index contributed by atoms with van der Waals surface area (Å²) in [5.74, 6) is 1.12. The molecule has 0 N–H and O–H groups in total. The molecule has 0 radical (unpaired) electrons. The van der Waals surface area contributed by atoms with Crippen molar-refractivity contribution in [3.05, 3.63) is 29.8 Å². The number of benzene rings is 1. The van der Waals surface area contributed by atoms with Gasteiger partial charge >= 0.3 is 0 Å². The van der Waals surface area contributed by atoms with Crippen LogP contribution in [0.4, 0.5) is 0 Å². The number of ether oxygens (including phenoxy) is 2. The molecule has 1 aromatic rings. The van der Waals surface area contributed by atoms with Gasteiger partial charge in [-0.3, -0.25) is 4.79 Å². The highest BCUT2D eigenvalue weighted by Gasteiger charge is 2.30. The quantitative estimate of drug-likeness (QED) is 0.859. The van der Waals surface area contributed by atoms with E-state index in [1.807, 2.05) is 24.3 Å². The van der Waals surface area contributed by atoms with Gasteiger partial charge in [0.25, 0.3) is 5.91 Å². The van der Waals surface area contributed by atoms with E-state index in [1.165, 1.54) is 6.42 Å². The number of methoxy groups -OCH3 is 1. The number of nitrogens with zero attached hydrogens (tertiary/aromatic N) is 2. The zero-order chi connectivity index (χ0) is 14.7. The first kappa shape index (κ1) is 13.9. The van der Waals surface area contributed by atoms with E-state index in [1.54, 1.807) is 12.1 Å². The number of hydrazone groups is 1. The number of hydrogen-bond acceptors (Lipinski definition) is 4. The molecule has 112 valence electrons. The summed E-state index contributed by atoms with van der Waals surface area (Å²) in [5.41, 5.74) is 0.785. The summed E-state index contributed by atoms with van der Waals surface area (Å²) in [7, 11) is 1.62. The summed E-state index contributed by atoms with van der Waals surface area (Å²) in [6.45, 7) is 0.0490. The van der Waals surface area contributed by atoms with Crippen LogP contribution in [0.25, 0.3) is 0 Å². The highest BCUT2D eigenvalue weighted by atomic mass is 16.5. The van der Waals surface area contributed by atoms with Crippen molar-refractivity contribution in [1.29, 1.82) is 0 Å². The third kappa shape index (κ3) is 2.86. The Kier molecular flexibility index (Phi) is 4.08. The van der Waals surface area contributed by atoms with E-state index in [-0.39, 0.29) is 18.6 Å². The van der Waals surface area contributed by atoms with Crippen LogP contribution in [0.2, 0.25) is 0 Å². The largest absolute Gasteiger partial charge is 0.496 e. The van der Waals surface area contributed by atoms with Crippen molar-refractivity contribution >= 4 is 11.8 Å². The van der Waals surface area contributed by atoms with Crippen molar-refractivity contribution in [1.82, 2.24) is 5.01 Å². The molecular weight excluding hydrogens is 268 g/mol. The fourth-order valence-corrected chi connectivity index (χ4v) is 2.94. The van der Waals surface area contributed by atoms with Crippen LogP contribution in [0.3, 0.4) is 0 Å². The molecule has 1 aromatic carbocycles. The van der Waals surface area contributed by atoms with Crippen LogP contribution < -0.4 is 4.74 Å². The van der Waals surface area contributed by atoms with E-state index in [9.17, 15) is 4.79 Å². The molecule has 0 atom stereocenters. The van der Waals surface area contributed by atoms with E-state index in [2.05, 4.69) is 5.10 Å². The third-order valence-electron chi connectivity index (χ3n) is 4.04. The lowest BCUT2D eigenvalue weighted by Gasteiger charge is -2.33. The van der Waals surface area contributed by atoms with Gasteiger partial charge in [0.05, 0.1) is 18.7 Å². The Bertz CT molecular complexity index is 550. The van der Waals surface area contributed by atoms with Gasteiger partial charge in [0, 0.05) is 0 Å². The molecule has 5 nitrogen and oxygen atoms in total. The van der Waals surface area contributed by atoms with Gasteiger partial charge in [0.1, 0.15) is 5.75 Å². The molecule has 0 spiro atoms. The number of amides is 1. The predicted octanol–water partition coefficient (Wildman–Crippen LogP) is 2.55. The molecule has 21 heavy (non-hydrogen) atoms. The van der Waals surface area contributed by atoms with Crippen molar-refractivity contribution in [2.75, 3.05) is 13.7 Å². The maximum absolute atomic E-state index is 12.1. The Hall–Kier alpha value is -2.04. The van der Waals surface area contributed by atoms with Gasteiger partial charge in [-0.05, 0) is 25.0 Å². The van der Waals surface area contributed by atoms with Crippen LogP contribution in [0.1, 0.15) is 37.7 Å². The lowest BCUT2D eigenvalue weighted by molar-refractivity contribution is -0.138. The molecule has 0 aromatic heterocycles. The first-order valence-electron chi connectivity index (χ1n) is 7.46. The molecule has 1 saturated carbocycles. The smallest absolute Gasteiger partial charge is 0.280 e. The second-order valence-electron chi connectivity index (χ2n) is 5.42. The molecule has 5 heteroatoms. The average Bonchev–Trinajstić information content (AvgIpc) is 2.56. The fourth-order valence-electron chi connectivity index (χ4n) is 2.94. The van der Waals surface area contributed by atoms with Crippen LogP contribution in [0.15, 0.2) is 29.4 Å². The second kappa shape index (κ2) is 6.16. The van der Waals surface area contributed by atoms with Gasteiger partial charge in [-0.1, -0.05) is 31.4 Å². The molecule has 0 unspecified atom stereocenters. The van der Waals surface area contributed by atoms with Gasteiger partial charge in [0.2, 0.25) is 5.90 Å². The molecule has 0 saturated heterocycles. The van der Waals surface area contributed by atoms with Gasteiger partial charge in [-0.2, -0.15) is 0 Å². The van der Waals surface area contributed by atoms with Gasteiger partial charge < -0.3 is 9.47 Å². The number of hydrogen-bond donors (Lipinski definition) is 0. The first-order chi connectivity index (χ1) is 10.3. The number of rotatable bonds is 3. The predicted molar refractivity (Wildman–Crippen MR) is 79.2 cm³/mol. The van der Waals surface area contributed by atoms with E-state index >= 15 is 0 Å². The Morgan fingerprint density at radius 2 is 2.00 bits per heavy atom. The van der Waals surface area contributed by atoms with Crippen LogP contribution >= 0.6 is 0 Å². The van der Waals surface area contributed by atoms with E-state index in [4.69, 9.17) is 9.47 Å². The molecule has 1 heterocycles. The maximum Gasteiger partial charge on any atom is 0.280 e. The Labute approximate surface area is 124 Å². The lowest BCUT2D eigenvalue weighted by Crippen LogP contribution is -2.44. The average molecular weight is 288 g/mol. The van der Waals surface area contributed by atoms with Gasteiger partial charge in [-0.15, -0.1) is 5.10 Å². The van der Waals surface area contributed by atoms with Crippen LogP contribution in [-0.2, 0) is 9.53 Å². The summed E-state index contributed by atoms with van der Waals surface area (Å²) in [6.07, 6.45) is 5.62. The fraction of sp³-hybridized carbons (Fsp3) is 0.500. The minimum absolute atomic E-state index is 0.0490. The van der Waals surface area contributed by atoms with Crippen LogP contribution in [0, 0.1) is 0 Å². The molecule has 1 aliphatic carbocycles. The second-order valence-corrected chi connectivity index (χ2v) is 5.42. The Morgan fingerprint density at radius 1 is 1.24 bits per heavy atom. The first-order valence-corrected chi connectivity index (χ1v) is 7.46. The number of carbonyl (C=O) groups excluding carboxylic acids is 1. The SMILES string of the molecule is COc1ccccc1C1=NN(C2CCCCC2)C(=O)CO1. The molecule has 0 bridgehead atoms. The van der Waals surface area contributed by atoms with Crippen LogP contribution in [0.5, 0.6) is 5.75 Å². The van der Waals surface area contributed by atoms with E-state index in [0.29, 0.717) is 11.6 Å². The minimum Gasteiger partial charge on any atom is -0.496 e. The standard InChI is InChI=1S/C16H20N2O3/c1-20-14-10-6-5-9-13(14)16-17-18(15(19)11-21-16)12-7-3-2-4-8-12/h5-6,9-10,12H,2-4,7-8,11H2,1H3. The summed E-state index contributed by atoms with van der Waals surface area (Å²) >= 11 is 0. The number of carbonyl (C=O) groups is 1. The topological polar surface area (TPSA) is 51.1 Å². The zero-order valence-electron chi connectivity index (χ0n) is 12.2.